The topological polar surface area (TPSA) is 12.0 Å². The van der Waals surface area contributed by atoms with Gasteiger partial charge in [-0.2, -0.15) is 0 Å². The molecule has 0 aromatic rings. The lowest BCUT2D eigenvalue weighted by atomic mass is 10.3. The SMILES string of the molecule is C/C=C(/CC)NCCC. The van der Waals surface area contributed by atoms with Gasteiger partial charge in [0.05, 0.1) is 0 Å². The minimum atomic E-state index is 1.10. The van der Waals surface area contributed by atoms with Crippen LogP contribution in [0.5, 0.6) is 0 Å². The second-order valence-electron chi connectivity index (χ2n) is 2.09. The van der Waals surface area contributed by atoms with Gasteiger partial charge in [-0.15, -0.1) is 0 Å². The van der Waals surface area contributed by atoms with Gasteiger partial charge in [-0.05, 0) is 19.8 Å². The van der Waals surface area contributed by atoms with Crippen molar-refractivity contribution in [2.45, 2.75) is 33.6 Å². The maximum atomic E-state index is 3.33. The lowest BCUT2D eigenvalue weighted by molar-refractivity contribution is 0.740. The summed E-state index contributed by atoms with van der Waals surface area (Å²) < 4.78 is 0. The van der Waals surface area contributed by atoms with Crippen LogP contribution in [0.1, 0.15) is 33.6 Å². The van der Waals surface area contributed by atoms with E-state index in [0.29, 0.717) is 0 Å². The first kappa shape index (κ1) is 8.54. The van der Waals surface area contributed by atoms with Crippen molar-refractivity contribution in [2.75, 3.05) is 6.54 Å². The number of hydrogen-bond acceptors (Lipinski definition) is 1. The van der Waals surface area contributed by atoms with Crippen LogP contribution in [0.3, 0.4) is 0 Å². The van der Waals surface area contributed by atoms with Gasteiger partial charge in [0.2, 0.25) is 0 Å². The smallest absolute Gasteiger partial charge is 0.0141 e. The summed E-state index contributed by atoms with van der Waals surface area (Å²) in [6.45, 7) is 7.52. The summed E-state index contributed by atoms with van der Waals surface area (Å²) in [7, 11) is 0. The van der Waals surface area contributed by atoms with Crippen molar-refractivity contribution >= 4 is 0 Å². The van der Waals surface area contributed by atoms with Crippen LogP contribution in [0.2, 0.25) is 0 Å². The van der Waals surface area contributed by atoms with Crippen LogP contribution in [0, 0.1) is 0 Å². The molecule has 0 amide bonds. The Morgan fingerprint density at radius 3 is 2.44 bits per heavy atom. The summed E-state index contributed by atoms with van der Waals surface area (Å²) in [6.07, 6.45) is 4.46. The summed E-state index contributed by atoms with van der Waals surface area (Å²) in [4.78, 5) is 0. The summed E-state index contributed by atoms with van der Waals surface area (Å²) in [5.74, 6) is 0. The third-order valence-corrected chi connectivity index (χ3v) is 1.33. The molecule has 0 spiro atoms. The van der Waals surface area contributed by atoms with E-state index in [1.807, 2.05) is 0 Å². The number of hydrogen-bond donors (Lipinski definition) is 1. The van der Waals surface area contributed by atoms with E-state index in [1.54, 1.807) is 0 Å². The summed E-state index contributed by atoms with van der Waals surface area (Å²) in [5.41, 5.74) is 1.36. The maximum Gasteiger partial charge on any atom is 0.0141 e. The van der Waals surface area contributed by atoms with Crippen molar-refractivity contribution in [2.24, 2.45) is 0 Å². The highest BCUT2D eigenvalue weighted by Gasteiger charge is 1.86. The maximum absolute atomic E-state index is 3.33. The molecule has 0 aliphatic heterocycles. The van der Waals surface area contributed by atoms with Crippen molar-refractivity contribution in [3.05, 3.63) is 11.8 Å². The Morgan fingerprint density at radius 1 is 1.44 bits per heavy atom. The minimum absolute atomic E-state index is 1.10. The van der Waals surface area contributed by atoms with E-state index in [2.05, 4.69) is 32.2 Å². The van der Waals surface area contributed by atoms with Crippen molar-refractivity contribution in [1.29, 1.82) is 0 Å². The largest absolute Gasteiger partial charge is 0.389 e. The van der Waals surface area contributed by atoms with Gasteiger partial charge in [-0.3, -0.25) is 0 Å². The van der Waals surface area contributed by atoms with E-state index in [4.69, 9.17) is 0 Å². The molecule has 0 saturated carbocycles. The van der Waals surface area contributed by atoms with E-state index in [9.17, 15) is 0 Å². The average Bonchev–Trinajstić information content (AvgIpc) is 1.91. The van der Waals surface area contributed by atoms with Gasteiger partial charge >= 0.3 is 0 Å². The van der Waals surface area contributed by atoms with Gasteiger partial charge < -0.3 is 5.32 Å². The summed E-state index contributed by atoms with van der Waals surface area (Å²) in [5, 5.41) is 3.33. The Kier molecular flexibility index (Phi) is 5.38. The molecule has 0 radical (unpaired) electrons. The van der Waals surface area contributed by atoms with Gasteiger partial charge in [-0.1, -0.05) is 19.9 Å². The fourth-order valence-corrected chi connectivity index (χ4v) is 0.717. The average molecular weight is 127 g/mol. The Bertz CT molecular complexity index is 84.6. The van der Waals surface area contributed by atoms with Crippen LogP contribution in [0.4, 0.5) is 0 Å². The molecular formula is C8H17N. The third kappa shape index (κ3) is 4.07. The van der Waals surface area contributed by atoms with E-state index in [0.717, 1.165) is 13.0 Å². The molecule has 54 valence electrons. The van der Waals surface area contributed by atoms with Gasteiger partial charge in [0.15, 0.2) is 0 Å². The Hall–Kier alpha value is -0.460. The lowest BCUT2D eigenvalue weighted by Crippen LogP contribution is -2.12. The van der Waals surface area contributed by atoms with Crippen LogP contribution in [0.25, 0.3) is 0 Å². The lowest BCUT2D eigenvalue weighted by Gasteiger charge is -2.05. The molecule has 0 rings (SSSR count). The summed E-state index contributed by atoms with van der Waals surface area (Å²) in [6, 6.07) is 0. The van der Waals surface area contributed by atoms with Crippen molar-refractivity contribution in [3.63, 3.8) is 0 Å². The molecule has 0 saturated heterocycles. The quantitative estimate of drug-likeness (QED) is 0.611. The van der Waals surface area contributed by atoms with E-state index in [1.165, 1.54) is 12.1 Å². The van der Waals surface area contributed by atoms with E-state index >= 15 is 0 Å². The Labute approximate surface area is 58.2 Å². The van der Waals surface area contributed by atoms with Crippen molar-refractivity contribution < 1.29 is 0 Å². The standard InChI is InChI=1S/C8H17N/c1-4-7-9-8(5-2)6-3/h5,9H,4,6-7H2,1-3H3/b8-5-. The summed E-state index contributed by atoms with van der Waals surface area (Å²) >= 11 is 0. The molecular weight excluding hydrogens is 110 g/mol. The molecule has 0 bridgehead atoms. The van der Waals surface area contributed by atoms with Crippen LogP contribution < -0.4 is 5.32 Å². The second-order valence-corrected chi connectivity index (χ2v) is 2.09. The van der Waals surface area contributed by atoms with Crippen LogP contribution in [-0.2, 0) is 0 Å². The molecule has 1 N–H and O–H groups in total. The zero-order valence-electron chi connectivity index (χ0n) is 6.70. The number of rotatable bonds is 4. The first-order chi connectivity index (χ1) is 4.35. The van der Waals surface area contributed by atoms with Crippen LogP contribution in [-0.4, -0.2) is 6.54 Å². The third-order valence-electron chi connectivity index (χ3n) is 1.33. The van der Waals surface area contributed by atoms with E-state index in [-0.39, 0.29) is 0 Å². The Balaban J connectivity index is 3.33. The zero-order valence-corrected chi connectivity index (χ0v) is 6.70. The van der Waals surface area contributed by atoms with Crippen molar-refractivity contribution in [3.8, 4) is 0 Å². The van der Waals surface area contributed by atoms with Gasteiger partial charge in [0, 0.05) is 12.2 Å². The number of nitrogens with one attached hydrogen (secondary N) is 1. The van der Waals surface area contributed by atoms with Crippen LogP contribution >= 0.6 is 0 Å². The molecule has 0 aromatic heterocycles. The molecule has 0 aliphatic rings. The minimum Gasteiger partial charge on any atom is -0.389 e. The normalized spacial score (nSPS) is 11.7. The molecule has 0 unspecified atom stereocenters. The Morgan fingerprint density at radius 2 is 2.11 bits per heavy atom. The number of allylic oxidation sites excluding steroid dienone is 2. The predicted octanol–water partition coefficient (Wildman–Crippen LogP) is 2.30. The van der Waals surface area contributed by atoms with Gasteiger partial charge in [0.1, 0.15) is 0 Å². The highest BCUT2D eigenvalue weighted by molar-refractivity contribution is 4.95. The van der Waals surface area contributed by atoms with Crippen molar-refractivity contribution in [1.82, 2.24) is 5.32 Å². The predicted molar refractivity (Wildman–Crippen MR) is 42.3 cm³/mol. The first-order valence-corrected chi connectivity index (χ1v) is 3.74. The first-order valence-electron chi connectivity index (χ1n) is 3.74. The highest BCUT2D eigenvalue weighted by atomic mass is 14.9. The molecule has 0 aliphatic carbocycles. The molecule has 0 atom stereocenters. The molecule has 0 heterocycles. The fraction of sp³-hybridized carbons (Fsp3) is 0.750. The fourth-order valence-electron chi connectivity index (χ4n) is 0.717. The van der Waals surface area contributed by atoms with Crippen LogP contribution in [0.15, 0.2) is 11.8 Å². The highest BCUT2D eigenvalue weighted by Crippen LogP contribution is 1.93. The molecule has 1 heteroatoms. The zero-order chi connectivity index (χ0) is 7.11. The molecule has 1 nitrogen and oxygen atoms in total. The van der Waals surface area contributed by atoms with E-state index < -0.39 is 0 Å². The van der Waals surface area contributed by atoms with Gasteiger partial charge in [-0.25, -0.2) is 0 Å². The molecule has 9 heavy (non-hydrogen) atoms. The molecule has 0 fully saturated rings. The molecule has 0 aromatic carbocycles. The van der Waals surface area contributed by atoms with Gasteiger partial charge in [0.25, 0.3) is 0 Å². The second kappa shape index (κ2) is 5.67. The monoisotopic (exact) mass is 127 g/mol.